The van der Waals surface area contributed by atoms with Crippen LogP contribution in [0, 0.1) is 12.3 Å². The van der Waals surface area contributed by atoms with Crippen LogP contribution in [0.1, 0.15) is 21.6 Å². The smallest absolute Gasteiger partial charge is 0.258 e. The number of benzene rings is 2. The van der Waals surface area contributed by atoms with Gasteiger partial charge in [-0.15, -0.1) is 0 Å². The van der Waals surface area contributed by atoms with Crippen LogP contribution in [0.5, 0.6) is 0 Å². The van der Waals surface area contributed by atoms with Crippen molar-refractivity contribution in [2.45, 2.75) is 13.5 Å². The van der Waals surface area contributed by atoms with Crippen LogP contribution in [0.4, 0.5) is 22.7 Å². The Bertz CT molecular complexity index is 1150. The number of rotatable bonds is 6. The predicted octanol–water partition coefficient (Wildman–Crippen LogP) is 4.16. The summed E-state index contributed by atoms with van der Waals surface area (Å²) in [4.78, 5) is 18.9. The molecule has 2 heterocycles. The number of pyridine rings is 1. The van der Waals surface area contributed by atoms with Crippen molar-refractivity contribution in [3.05, 3.63) is 89.5 Å². The summed E-state index contributed by atoms with van der Waals surface area (Å²) in [5.41, 5.74) is 12.0. The molecule has 1 aliphatic heterocycles. The summed E-state index contributed by atoms with van der Waals surface area (Å²) < 4.78 is 0. The highest BCUT2D eigenvalue weighted by atomic mass is 16.2. The molecule has 7 heteroatoms. The van der Waals surface area contributed by atoms with Crippen LogP contribution in [-0.4, -0.2) is 17.1 Å². The molecule has 1 aromatic heterocycles. The maximum Gasteiger partial charge on any atom is 0.258 e. The number of carbonyl (C=O) groups excluding carboxylic acids is 1. The van der Waals surface area contributed by atoms with E-state index in [0.29, 0.717) is 17.8 Å². The Hall–Kier alpha value is -4.13. The van der Waals surface area contributed by atoms with E-state index in [1.54, 1.807) is 11.1 Å². The Morgan fingerprint density at radius 1 is 1.13 bits per heavy atom. The molecule has 0 unspecified atom stereocenters. The third kappa shape index (κ3) is 3.86. The number of fused-ring (bicyclic) bond motifs is 1. The van der Waals surface area contributed by atoms with E-state index in [1.807, 2.05) is 61.5 Å². The van der Waals surface area contributed by atoms with Crippen LogP contribution < -0.4 is 21.3 Å². The summed E-state index contributed by atoms with van der Waals surface area (Å²) in [5, 5.41) is 13.8. The molecule has 0 saturated heterocycles. The molecule has 3 aromatic rings. The molecule has 30 heavy (non-hydrogen) atoms. The molecule has 1 aliphatic rings. The lowest BCUT2D eigenvalue weighted by Gasteiger charge is -2.17. The van der Waals surface area contributed by atoms with E-state index in [-0.39, 0.29) is 5.91 Å². The molecule has 7 nitrogen and oxygen atoms in total. The molecule has 4 rings (SSSR count). The third-order valence-electron chi connectivity index (χ3n) is 4.88. The predicted molar refractivity (Wildman–Crippen MR) is 120 cm³/mol. The SMILES string of the molecule is Cc1cc(Nc2ccc3c(c2)CN(c2cccc(N/C(C=N)=C/N)c2)C3=O)ccn1. The zero-order valence-corrected chi connectivity index (χ0v) is 16.5. The molecule has 0 bridgehead atoms. The first-order chi connectivity index (χ1) is 14.6. The number of nitrogens with two attached hydrogens (primary N) is 1. The number of allylic oxidation sites excluding steroid dienone is 1. The number of carbonyl (C=O) groups is 1. The first kappa shape index (κ1) is 19.2. The lowest BCUT2D eigenvalue weighted by Crippen LogP contribution is -2.23. The van der Waals surface area contributed by atoms with Gasteiger partial charge in [0.05, 0.1) is 12.2 Å². The quantitative estimate of drug-likeness (QED) is 0.467. The first-order valence-corrected chi connectivity index (χ1v) is 9.51. The van der Waals surface area contributed by atoms with Crippen LogP contribution in [0.3, 0.4) is 0 Å². The molecule has 150 valence electrons. The van der Waals surface area contributed by atoms with Crippen LogP contribution >= 0.6 is 0 Å². The molecule has 0 fully saturated rings. The van der Waals surface area contributed by atoms with Crippen LogP contribution in [0.15, 0.2) is 72.7 Å². The Balaban J connectivity index is 1.56. The Morgan fingerprint density at radius 3 is 2.73 bits per heavy atom. The fourth-order valence-corrected chi connectivity index (χ4v) is 3.44. The van der Waals surface area contributed by atoms with Crippen molar-refractivity contribution in [2.24, 2.45) is 5.73 Å². The van der Waals surface area contributed by atoms with Crippen molar-refractivity contribution in [3.8, 4) is 0 Å². The Morgan fingerprint density at radius 2 is 1.97 bits per heavy atom. The van der Waals surface area contributed by atoms with Gasteiger partial charge in [0.25, 0.3) is 5.91 Å². The maximum absolute atomic E-state index is 13.0. The number of anilines is 4. The second-order valence-corrected chi connectivity index (χ2v) is 7.02. The largest absolute Gasteiger partial charge is 0.403 e. The summed E-state index contributed by atoms with van der Waals surface area (Å²) in [6, 6.07) is 17.2. The summed E-state index contributed by atoms with van der Waals surface area (Å²) in [7, 11) is 0. The van der Waals surface area contributed by atoms with E-state index in [1.165, 1.54) is 6.20 Å². The molecule has 5 N–H and O–H groups in total. The van der Waals surface area contributed by atoms with Gasteiger partial charge in [0.15, 0.2) is 0 Å². The fourth-order valence-electron chi connectivity index (χ4n) is 3.44. The highest BCUT2D eigenvalue weighted by Gasteiger charge is 2.28. The van der Waals surface area contributed by atoms with Crippen molar-refractivity contribution in [3.63, 3.8) is 0 Å². The number of nitrogens with zero attached hydrogens (tertiary/aromatic N) is 2. The van der Waals surface area contributed by atoms with E-state index in [0.717, 1.165) is 40.2 Å². The van der Waals surface area contributed by atoms with Gasteiger partial charge in [-0.3, -0.25) is 9.78 Å². The van der Waals surface area contributed by atoms with E-state index >= 15 is 0 Å². The Kier molecular flexibility index (Phi) is 5.17. The van der Waals surface area contributed by atoms with Crippen LogP contribution in [-0.2, 0) is 6.54 Å². The normalized spacial score (nSPS) is 13.2. The lowest BCUT2D eigenvalue weighted by molar-refractivity contribution is 0.0996. The average Bonchev–Trinajstić information content (AvgIpc) is 3.08. The van der Waals surface area contributed by atoms with Gasteiger partial charge < -0.3 is 26.7 Å². The standard InChI is InChI=1S/C23H22N6O/c1-15-9-19(7-8-26-15)27-18-5-6-22-16(10-18)14-29(23(22)30)21-4-2-3-17(11-21)28-20(12-24)13-25/h2-13,24,28H,14,25H2,1H3,(H,26,27)/b20-13+,24-12?. The van der Waals surface area contributed by atoms with Crippen molar-refractivity contribution in [1.82, 2.24) is 4.98 Å². The molecular formula is C23H22N6O. The number of hydrogen-bond acceptors (Lipinski definition) is 6. The van der Waals surface area contributed by atoms with Crippen molar-refractivity contribution < 1.29 is 4.79 Å². The number of amides is 1. The third-order valence-corrected chi connectivity index (χ3v) is 4.88. The van der Waals surface area contributed by atoms with Gasteiger partial charge in [0, 0.05) is 52.6 Å². The van der Waals surface area contributed by atoms with E-state index < -0.39 is 0 Å². The lowest BCUT2D eigenvalue weighted by atomic mass is 10.1. The van der Waals surface area contributed by atoms with Crippen molar-refractivity contribution in [2.75, 3.05) is 15.5 Å². The zero-order chi connectivity index (χ0) is 21.1. The van der Waals surface area contributed by atoms with Gasteiger partial charge in [0.1, 0.15) is 0 Å². The second-order valence-electron chi connectivity index (χ2n) is 7.02. The monoisotopic (exact) mass is 398 g/mol. The van der Waals surface area contributed by atoms with Gasteiger partial charge in [-0.2, -0.15) is 0 Å². The topological polar surface area (TPSA) is 107 Å². The van der Waals surface area contributed by atoms with E-state index in [9.17, 15) is 4.79 Å². The van der Waals surface area contributed by atoms with Gasteiger partial charge in [-0.05, 0) is 61.0 Å². The minimum Gasteiger partial charge on any atom is -0.403 e. The number of aryl methyl sites for hydroxylation is 1. The molecule has 0 radical (unpaired) electrons. The van der Waals surface area contributed by atoms with E-state index in [4.69, 9.17) is 11.1 Å². The van der Waals surface area contributed by atoms with Crippen LogP contribution in [0.2, 0.25) is 0 Å². The summed E-state index contributed by atoms with van der Waals surface area (Å²) in [5.74, 6) is -0.0323. The molecule has 0 spiro atoms. The Labute approximate surface area is 174 Å². The highest BCUT2D eigenvalue weighted by molar-refractivity contribution is 6.10. The van der Waals surface area contributed by atoms with Gasteiger partial charge in [0.2, 0.25) is 0 Å². The van der Waals surface area contributed by atoms with Gasteiger partial charge in [-0.25, -0.2) is 0 Å². The van der Waals surface area contributed by atoms with Crippen LogP contribution in [0.25, 0.3) is 0 Å². The summed E-state index contributed by atoms with van der Waals surface area (Å²) in [6.07, 6.45) is 4.23. The summed E-state index contributed by atoms with van der Waals surface area (Å²) in [6.45, 7) is 2.44. The minimum absolute atomic E-state index is 0.0323. The second kappa shape index (κ2) is 8.08. The molecule has 0 atom stereocenters. The molecule has 1 amide bonds. The zero-order valence-electron chi connectivity index (χ0n) is 16.5. The average molecular weight is 398 g/mol. The van der Waals surface area contributed by atoms with Crippen molar-refractivity contribution >= 4 is 34.9 Å². The molecule has 2 aromatic carbocycles. The summed E-state index contributed by atoms with van der Waals surface area (Å²) >= 11 is 0. The molecule has 0 saturated carbocycles. The minimum atomic E-state index is -0.0323. The number of aromatic nitrogens is 1. The van der Waals surface area contributed by atoms with E-state index in [2.05, 4.69) is 15.6 Å². The first-order valence-electron chi connectivity index (χ1n) is 9.51. The fraction of sp³-hybridized carbons (Fsp3) is 0.0870. The van der Waals surface area contributed by atoms with Gasteiger partial charge >= 0.3 is 0 Å². The number of nitrogens with one attached hydrogen (secondary N) is 3. The highest BCUT2D eigenvalue weighted by Crippen LogP contribution is 2.32. The van der Waals surface area contributed by atoms with Gasteiger partial charge in [-0.1, -0.05) is 6.07 Å². The maximum atomic E-state index is 13.0. The molecular weight excluding hydrogens is 376 g/mol. The van der Waals surface area contributed by atoms with Crippen molar-refractivity contribution in [1.29, 1.82) is 5.41 Å². The molecule has 0 aliphatic carbocycles. The number of hydrogen-bond donors (Lipinski definition) is 4.